The molecule has 4 amide bonds. The van der Waals surface area contributed by atoms with Gasteiger partial charge in [0.1, 0.15) is 80.6 Å². The molecule has 0 fully saturated rings. The maximum absolute atomic E-state index is 13.0. The average Bonchev–Trinajstić information content (AvgIpc) is 1.62. The molecule has 4 aromatic carbocycles. The van der Waals surface area contributed by atoms with Crippen LogP contribution in [0, 0.1) is 120 Å². The van der Waals surface area contributed by atoms with Crippen LogP contribution >= 0.6 is 0 Å². The van der Waals surface area contributed by atoms with Gasteiger partial charge in [0.05, 0.1) is 70.7 Å². The van der Waals surface area contributed by atoms with Crippen molar-refractivity contribution in [2.24, 2.45) is 28.2 Å². The van der Waals surface area contributed by atoms with Crippen LogP contribution in [0.5, 0.6) is 23.0 Å². The number of aliphatic hydroxyl groups excluding tert-OH is 2. The van der Waals surface area contributed by atoms with Crippen molar-refractivity contribution in [1.82, 2.24) is 37.2 Å². The van der Waals surface area contributed by atoms with Crippen molar-refractivity contribution in [3.8, 4) is 94.6 Å². The minimum atomic E-state index is -4.16. The zero-order valence-electron chi connectivity index (χ0n) is 73.4. The minimum absolute atomic E-state index is 0.0349. The number of nitrogens with zero attached hydrogens (tertiary/aromatic N) is 8. The van der Waals surface area contributed by atoms with E-state index in [1.165, 1.54) is 125 Å². The fourth-order valence-corrected chi connectivity index (χ4v) is 18.3. The number of carbonyl (C=O) groups excluding carboxylic acids is 4. The Hall–Kier alpha value is -13.3. The number of carbonyl (C=O) groups is 4. The van der Waals surface area contributed by atoms with Gasteiger partial charge >= 0.3 is 0 Å². The summed E-state index contributed by atoms with van der Waals surface area (Å²) in [7, 11) is -10.2. The van der Waals surface area contributed by atoms with Crippen molar-refractivity contribution in [2.75, 3.05) is 47.7 Å². The van der Waals surface area contributed by atoms with E-state index in [0.717, 1.165) is 22.3 Å². The van der Waals surface area contributed by atoms with Crippen molar-refractivity contribution >= 4 is 86.5 Å². The van der Waals surface area contributed by atoms with Gasteiger partial charge in [-0.15, -0.1) is 0 Å². The Morgan fingerprint density at radius 3 is 0.838 bits per heavy atom. The predicted molar refractivity (Wildman–Crippen MR) is 473 cm³/mol. The summed E-state index contributed by atoms with van der Waals surface area (Å²) in [5, 5.41) is 107. The van der Waals surface area contributed by atoms with Crippen molar-refractivity contribution < 1.29 is 102 Å². The van der Waals surface area contributed by atoms with Crippen LogP contribution in [0.3, 0.4) is 0 Å². The van der Waals surface area contributed by atoms with E-state index in [2.05, 4.69) is 99.7 Å². The van der Waals surface area contributed by atoms with Gasteiger partial charge < -0.3 is 89.1 Å². The monoisotopic (exact) mass is 1860 g/mol. The molecule has 8 aromatic rings. The first kappa shape index (κ1) is 100. The minimum Gasteiger partial charge on any atom is -0.488 e. The van der Waals surface area contributed by atoms with Crippen molar-refractivity contribution in [2.45, 2.75) is 174 Å². The van der Waals surface area contributed by atoms with E-state index >= 15 is 0 Å². The molecule has 684 valence electrons. The lowest BCUT2D eigenvalue weighted by atomic mass is 10.1. The highest BCUT2D eigenvalue weighted by atomic mass is 32.2. The number of hydrogen-bond donors (Lipinski definition) is 14. The van der Waals surface area contributed by atoms with Gasteiger partial charge in [-0.1, -0.05) is 71.6 Å². The van der Waals surface area contributed by atoms with Crippen LogP contribution in [0.15, 0.2) is 117 Å². The second-order valence-corrected chi connectivity index (χ2v) is 39.3. The predicted octanol–water partition coefficient (Wildman–Crippen LogP) is 4.59. The number of anilines is 4. The third kappa shape index (κ3) is 25.6. The summed E-state index contributed by atoms with van der Waals surface area (Å²) >= 11 is 0. The zero-order valence-corrected chi connectivity index (χ0v) is 76.6. The molecule has 0 radical (unpaired) electrons. The van der Waals surface area contributed by atoms with E-state index in [4.69, 9.17) is 18.9 Å². The Kier molecular flexibility index (Phi) is 31.0. The van der Waals surface area contributed by atoms with Crippen LogP contribution in [0.4, 0.5) is 22.7 Å². The van der Waals surface area contributed by atoms with Gasteiger partial charge in [0.25, 0.3) is 23.6 Å². The third-order valence-corrected chi connectivity index (χ3v) is 25.1. The van der Waals surface area contributed by atoms with Crippen LogP contribution < -0.4 is 59.1 Å². The van der Waals surface area contributed by atoms with Crippen molar-refractivity contribution in [3.63, 3.8) is 0 Å². The average molecular weight is 1860 g/mol. The Morgan fingerprint density at radius 2 is 0.615 bits per heavy atom. The molecule has 14 N–H and O–H groups in total. The number of sulfonamides is 4. The van der Waals surface area contributed by atoms with E-state index in [0.29, 0.717) is 45.0 Å². The molecule has 12 rings (SSSR count). The summed E-state index contributed by atoms with van der Waals surface area (Å²) in [5.41, 5.74) is 1.06. The molecule has 4 aliphatic heterocycles. The molecule has 130 heavy (non-hydrogen) atoms. The van der Waals surface area contributed by atoms with Crippen LogP contribution in [-0.4, -0.2) is 191 Å². The summed E-state index contributed by atoms with van der Waals surface area (Å²) in [5.74, 6) is 17.6. The van der Waals surface area contributed by atoms with E-state index in [-0.39, 0.29) is 105 Å². The molecule has 4 aliphatic rings. The molecule has 0 aliphatic carbocycles. The highest BCUT2D eigenvalue weighted by Crippen LogP contribution is 2.39. The maximum atomic E-state index is 13.0. The molecule has 0 spiro atoms. The molecule has 8 heterocycles. The second-order valence-electron chi connectivity index (χ2n) is 32.5. The Balaban J connectivity index is 0.000000195. The summed E-state index contributed by atoms with van der Waals surface area (Å²) in [6.45, 7) is 18.2. The first-order valence-corrected chi connectivity index (χ1v) is 45.4. The van der Waals surface area contributed by atoms with Gasteiger partial charge in [-0.25, -0.2) is 52.6 Å². The summed E-state index contributed by atoms with van der Waals surface area (Å²) in [6, 6.07) is 24.1. The van der Waals surface area contributed by atoms with Gasteiger partial charge in [-0.2, -0.15) is 21.0 Å². The van der Waals surface area contributed by atoms with E-state index in [1.807, 2.05) is 12.1 Å². The van der Waals surface area contributed by atoms with Crippen molar-refractivity contribution in [3.05, 3.63) is 165 Å². The fourth-order valence-electron chi connectivity index (χ4n) is 12.7. The maximum Gasteiger partial charge on any atom is 0.276 e. The highest BCUT2D eigenvalue weighted by Gasteiger charge is 2.41. The number of rotatable bonds is 12. The molecule has 0 bridgehead atoms. The van der Waals surface area contributed by atoms with Crippen LogP contribution in [0.2, 0.25) is 0 Å². The van der Waals surface area contributed by atoms with Gasteiger partial charge in [-0.05, 0) is 154 Å². The van der Waals surface area contributed by atoms with E-state index in [9.17, 15) is 105 Å². The summed E-state index contributed by atoms with van der Waals surface area (Å²) < 4.78 is 141. The number of ether oxygens (including phenoxy) is 4. The van der Waals surface area contributed by atoms with Crippen LogP contribution in [0.1, 0.15) is 155 Å². The first-order chi connectivity index (χ1) is 60.5. The highest BCUT2D eigenvalue weighted by molar-refractivity contribution is 7.90. The van der Waals surface area contributed by atoms with Gasteiger partial charge in [0.2, 0.25) is 40.1 Å². The molecule has 6 atom stereocenters. The normalized spacial score (nSPS) is 17.5. The van der Waals surface area contributed by atoms with Gasteiger partial charge in [-0.3, -0.25) is 19.2 Å². The smallest absolute Gasteiger partial charge is 0.276 e. The van der Waals surface area contributed by atoms with Crippen molar-refractivity contribution in [1.29, 1.82) is 21.0 Å². The third-order valence-electron chi connectivity index (χ3n) is 19.1. The fraction of sp³-hybridized carbons (Fsp3) is 0.364. The lowest BCUT2D eigenvalue weighted by molar-refractivity contribution is 0.0999. The largest absolute Gasteiger partial charge is 0.488 e. The molecule has 0 saturated heterocycles. The number of fused-ring (bicyclic) bond motifs is 4. The SMILES string of the molecule is Cc1ccc(NC(=O)c2c3c(cn2C)S(=O)(=O)NC(CC#CC(C)(C)O)CO3)cc1C#N.Cc1ccc(NC(=O)c2c3c(cn2C)S(=O)(=O)N[C@@H](C(O)C#CC(C)(C)O)CO3)cc1C#N.Cc1ccc(NC(=O)c2c3c(cn2C)S(=O)(=O)N[C@@H](CC#CC(C)(C)O)CO3)cc1C#N.Cc1ccc(NC(=O)c2c3c(cn2C)S(=O)(=O)N[C@H](C(O)C#CC(C)(C)O)CO3)cc1C#N. The number of aromatic nitrogens is 4. The quantitative estimate of drug-likeness (QED) is 0.0744. The number of nitrogens with one attached hydrogen (secondary N) is 8. The number of benzene rings is 4. The van der Waals surface area contributed by atoms with Gasteiger partial charge in [0, 0.05) is 88.6 Å². The van der Waals surface area contributed by atoms with Crippen LogP contribution in [0.25, 0.3) is 0 Å². The van der Waals surface area contributed by atoms with E-state index < -0.39 is 123 Å². The topological polar surface area (TPSA) is 574 Å². The first-order valence-electron chi connectivity index (χ1n) is 39.4. The Bertz CT molecular complexity index is 6360. The molecule has 3 unspecified atom stereocenters. The number of amides is 4. The number of hydrogen-bond acceptors (Lipinski definition) is 26. The molecule has 42 heteroatoms. The zero-order chi connectivity index (χ0) is 96.5. The second kappa shape index (κ2) is 40.1. The molecule has 38 nitrogen and oxygen atoms in total. The molecule has 0 saturated carbocycles. The lowest BCUT2D eigenvalue weighted by Gasteiger charge is -2.18. The standard InChI is InChI=1S/2C22H24N4O6S.2C22H24N4O5S/c2*1-13-5-6-15(9-14(13)10-23)24-21(28)19-20-18(11-26(19)4)33(30,31)25-16(12-32-20)17(27)7-8-22(2,3)29;2*1-14-7-8-16(10-15(14)11-23)24-21(27)19-20-18(12-26(19)4)32(29,30)25-17(13-31-20)6-5-9-22(2,3)28/h2*5-6,9,11,16-17,25,27,29H,12H2,1-4H3,(H,24,28);2*7-8,10,12,17,25,28H,6,13H2,1-4H3,(H,24,27)/t2*16-,17?;17-;/m100./s1. The molecular weight excluding hydrogens is 1760 g/mol. The number of nitriles is 4. The lowest BCUT2D eigenvalue weighted by Crippen LogP contribution is -2.45. The Labute approximate surface area is 752 Å². The number of aryl methyl sites for hydroxylation is 8. The molecule has 4 aromatic heterocycles. The number of aliphatic hydroxyl groups is 6. The Morgan fingerprint density at radius 1 is 0.392 bits per heavy atom. The summed E-state index contributed by atoms with van der Waals surface area (Å²) in [6.07, 6.45) is 2.43. The van der Waals surface area contributed by atoms with E-state index in [1.54, 1.807) is 102 Å². The van der Waals surface area contributed by atoms with Gasteiger partial charge in [0.15, 0.2) is 45.8 Å². The van der Waals surface area contributed by atoms with Crippen LogP contribution in [-0.2, 0) is 68.3 Å². The summed E-state index contributed by atoms with van der Waals surface area (Å²) in [4.78, 5) is 51.1. The molecular formula is C88H96N16O22S4.